The second-order valence-electron chi connectivity index (χ2n) is 5.10. The minimum atomic E-state index is 0.310. The van der Waals surface area contributed by atoms with Gasteiger partial charge in [0.05, 0.1) is 13.2 Å². The zero-order chi connectivity index (χ0) is 14.7. The monoisotopic (exact) mass is 289 g/mol. The molecule has 0 amide bonds. The summed E-state index contributed by atoms with van der Waals surface area (Å²) in [5.41, 5.74) is 7.45. The molecule has 1 aliphatic heterocycles. The number of nitrogens with two attached hydrogens (primary N) is 1. The van der Waals surface area contributed by atoms with E-state index < -0.39 is 0 Å². The molecule has 1 aromatic carbocycles. The van der Waals surface area contributed by atoms with Gasteiger partial charge in [-0.15, -0.1) is 5.10 Å². The zero-order valence-corrected chi connectivity index (χ0v) is 12.0. The Labute approximate surface area is 123 Å². The lowest BCUT2D eigenvalue weighted by atomic mass is 10.1. The van der Waals surface area contributed by atoms with Crippen molar-refractivity contribution in [1.82, 2.24) is 20.2 Å². The molecule has 0 bridgehead atoms. The third-order valence-electron chi connectivity index (χ3n) is 3.72. The lowest BCUT2D eigenvalue weighted by Crippen LogP contribution is -2.12. The fourth-order valence-electron chi connectivity index (χ4n) is 2.54. The molecule has 1 aromatic heterocycles. The number of benzene rings is 1. The summed E-state index contributed by atoms with van der Waals surface area (Å²) < 4.78 is 12.6. The highest BCUT2D eigenvalue weighted by atomic mass is 16.5. The molecule has 1 aliphatic rings. The van der Waals surface area contributed by atoms with E-state index in [9.17, 15) is 0 Å². The number of nitrogens with zero attached hydrogens (tertiary/aromatic N) is 4. The van der Waals surface area contributed by atoms with Crippen molar-refractivity contribution in [2.75, 3.05) is 19.5 Å². The van der Waals surface area contributed by atoms with E-state index in [4.69, 9.17) is 15.2 Å². The minimum absolute atomic E-state index is 0.310. The van der Waals surface area contributed by atoms with Crippen molar-refractivity contribution in [2.45, 2.75) is 31.9 Å². The maximum atomic E-state index is 6.03. The van der Waals surface area contributed by atoms with Crippen molar-refractivity contribution in [3.63, 3.8) is 0 Å². The van der Waals surface area contributed by atoms with Gasteiger partial charge in [0, 0.05) is 24.4 Å². The molecule has 1 unspecified atom stereocenters. The Balaban J connectivity index is 1.81. The molecule has 2 aromatic rings. The number of rotatable bonds is 5. The van der Waals surface area contributed by atoms with Crippen molar-refractivity contribution in [3.8, 4) is 17.1 Å². The van der Waals surface area contributed by atoms with Crippen LogP contribution in [0.3, 0.4) is 0 Å². The molecule has 21 heavy (non-hydrogen) atoms. The lowest BCUT2D eigenvalue weighted by molar-refractivity contribution is 0.0994. The van der Waals surface area contributed by atoms with Crippen LogP contribution >= 0.6 is 0 Å². The van der Waals surface area contributed by atoms with Gasteiger partial charge >= 0.3 is 0 Å². The molecule has 7 nitrogen and oxygen atoms in total. The van der Waals surface area contributed by atoms with Gasteiger partial charge in [0.15, 0.2) is 5.82 Å². The fourth-order valence-corrected chi connectivity index (χ4v) is 2.54. The van der Waals surface area contributed by atoms with Gasteiger partial charge in [0.1, 0.15) is 5.75 Å². The van der Waals surface area contributed by atoms with Crippen LogP contribution in [0, 0.1) is 0 Å². The maximum absolute atomic E-state index is 6.03. The highest BCUT2D eigenvalue weighted by molar-refractivity contribution is 5.73. The summed E-state index contributed by atoms with van der Waals surface area (Å²) in [6.07, 6.45) is 3.46. The summed E-state index contributed by atoms with van der Waals surface area (Å²) in [6.45, 7) is 1.57. The number of aromatic nitrogens is 4. The average Bonchev–Trinajstić information content (AvgIpc) is 3.17. The smallest absolute Gasteiger partial charge is 0.184 e. The molecular weight excluding hydrogens is 270 g/mol. The second-order valence-corrected chi connectivity index (χ2v) is 5.10. The van der Waals surface area contributed by atoms with Gasteiger partial charge in [-0.05, 0) is 47.9 Å². The molecule has 7 heteroatoms. The maximum Gasteiger partial charge on any atom is 0.184 e. The number of ether oxygens (including phenoxy) is 2. The molecule has 2 heterocycles. The number of hydrogen-bond donors (Lipinski definition) is 1. The summed E-state index contributed by atoms with van der Waals surface area (Å²) >= 11 is 0. The van der Waals surface area contributed by atoms with E-state index in [1.54, 1.807) is 17.9 Å². The standard InChI is InChI=1S/C14H19N5O2/c1-20-11-4-5-13(15)12(9-11)14-16-17-18-19(14)7-6-10-3-2-8-21-10/h4-5,9-10H,2-3,6-8,15H2,1H3. The van der Waals surface area contributed by atoms with Crippen molar-refractivity contribution < 1.29 is 9.47 Å². The third kappa shape index (κ3) is 2.97. The lowest BCUT2D eigenvalue weighted by Gasteiger charge is -2.11. The first-order valence-electron chi connectivity index (χ1n) is 7.09. The largest absolute Gasteiger partial charge is 0.497 e. The number of tetrazole rings is 1. The van der Waals surface area contributed by atoms with Gasteiger partial charge < -0.3 is 15.2 Å². The number of anilines is 1. The molecule has 0 aliphatic carbocycles. The van der Waals surface area contributed by atoms with Gasteiger partial charge in [-0.1, -0.05) is 0 Å². The molecule has 0 spiro atoms. The number of hydrogen-bond acceptors (Lipinski definition) is 6. The van der Waals surface area contributed by atoms with Gasteiger partial charge in [-0.2, -0.15) is 0 Å². The first-order chi connectivity index (χ1) is 10.3. The van der Waals surface area contributed by atoms with Crippen molar-refractivity contribution in [2.24, 2.45) is 0 Å². The number of nitrogen functional groups attached to an aromatic ring is 1. The zero-order valence-electron chi connectivity index (χ0n) is 12.0. The van der Waals surface area contributed by atoms with Gasteiger partial charge in [-0.3, -0.25) is 0 Å². The van der Waals surface area contributed by atoms with Crippen molar-refractivity contribution in [3.05, 3.63) is 18.2 Å². The highest BCUT2D eigenvalue weighted by Crippen LogP contribution is 2.28. The van der Waals surface area contributed by atoms with Crippen LogP contribution in [0.2, 0.25) is 0 Å². The molecule has 0 radical (unpaired) electrons. The highest BCUT2D eigenvalue weighted by Gasteiger charge is 2.18. The van der Waals surface area contributed by atoms with Crippen LogP contribution in [0.25, 0.3) is 11.4 Å². The summed E-state index contributed by atoms with van der Waals surface area (Å²) in [6, 6.07) is 5.47. The fraction of sp³-hybridized carbons (Fsp3) is 0.500. The Hall–Kier alpha value is -2.15. The second kappa shape index (κ2) is 6.09. The summed E-state index contributed by atoms with van der Waals surface area (Å²) in [5, 5.41) is 11.9. The molecule has 2 N–H and O–H groups in total. The Kier molecular flexibility index (Phi) is 4.01. The van der Waals surface area contributed by atoms with Crippen LogP contribution in [-0.4, -0.2) is 40.0 Å². The Morgan fingerprint density at radius 3 is 3.14 bits per heavy atom. The topological polar surface area (TPSA) is 88.1 Å². The van der Waals surface area contributed by atoms with E-state index in [2.05, 4.69) is 15.5 Å². The quantitative estimate of drug-likeness (QED) is 0.839. The summed E-state index contributed by atoms with van der Waals surface area (Å²) in [5.74, 6) is 1.39. The van der Waals surface area contributed by atoms with E-state index in [1.165, 1.54) is 0 Å². The van der Waals surface area contributed by atoms with Gasteiger partial charge in [-0.25, -0.2) is 4.68 Å². The van der Waals surface area contributed by atoms with Crippen LogP contribution in [0.5, 0.6) is 5.75 Å². The van der Waals surface area contributed by atoms with E-state index in [0.717, 1.165) is 37.2 Å². The van der Waals surface area contributed by atoms with Crippen LogP contribution in [0.4, 0.5) is 5.69 Å². The number of aryl methyl sites for hydroxylation is 1. The van der Waals surface area contributed by atoms with E-state index in [1.807, 2.05) is 12.1 Å². The predicted molar refractivity (Wildman–Crippen MR) is 77.8 cm³/mol. The number of methoxy groups -OCH3 is 1. The van der Waals surface area contributed by atoms with Crippen LogP contribution in [0.15, 0.2) is 18.2 Å². The Morgan fingerprint density at radius 1 is 1.48 bits per heavy atom. The van der Waals surface area contributed by atoms with Crippen LogP contribution in [-0.2, 0) is 11.3 Å². The Morgan fingerprint density at radius 2 is 2.38 bits per heavy atom. The molecule has 0 saturated carbocycles. The van der Waals surface area contributed by atoms with Crippen LogP contribution < -0.4 is 10.5 Å². The van der Waals surface area contributed by atoms with Gasteiger partial charge in [0.25, 0.3) is 0 Å². The molecule has 3 rings (SSSR count). The minimum Gasteiger partial charge on any atom is -0.497 e. The molecule has 1 saturated heterocycles. The SMILES string of the molecule is COc1ccc(N)c(-c2nnnn2CCC2CCCO2)c1. The summed E-state index contributed by atoms with van der Waals surface area (Å²) in [4.78, 5) is 0. The molecule has 112 valence electrons. The molecule has 1 atom stereocenters. The van der Waals surface area contributed by atoms with Crippen molar-refractivity contribution in [1.29, 1.82) is 0 Å². The first-order valence-corrected chi connectivity index (χ1v) is 7.09. The molecule has 1 fully saturated rings. The Bertz CT molecular complexity index is 607. The summed E-state index contributed by atoms with van der Waals surface area (Å²) in [7, 11) is 1.62. The third-order valence-corrected chi connectivity index (χ3v) is 3.72. The van der Waals surface area contributed by atoms with E-state index in [0.29, 0.717) is 24.2 Å². The van der Waals surface area contributed by atoms with E-state index >= 15 is 0 Å². The van der Waals surface area contributed by atoms with Crippen LogP contribution in [0.1, 0.15) is 19.3 Å². The van der Waals surface area contributed by atoms with Gasteiger partial charge in [0.2, 0.25) is 0 Å². The molecular formula is C14H19N5O2. The van der Waals surface area contributed by atoms with E-state index in [-0.39, 0.29) is 0 Å². The van der Waals surface area contributed by atoms with Crippen molar-refractivity contribution >= 4 is 5.69 Å². The normalized spacial score (nSPS) is 18.0. The predicted octanol–water partition coefficient (Wildman–Crippen LogP) is 1.50. The first kappa shape index (κ1) is 13.8. The average molecular weight is 289 g/mol.